The molecule has 7 heteroatoms. The van der Waals surface area contributed by atoms with Gasteiger partial charge in [-0.1, -0.05) is 17.7 Å². The van der Waals surface area contributed by atoms with Crippen LogP contribution < -0.4 is 0 Å². The van der Waals surface area contributed by atoms with Gasteiger partial charge in [-0.15, -0.1) is 0 Å². The first-order chi connectivity index (χ1) is 9.20. The van der Waals surface area contributed by atoms with E-state index in [9.17, 15) is 13.2 Å². The number of sulfonamides is 1. The largest absolute Gasteiger partial charge is 0.468 e. The van der Waals surface area contributed by atoms with Crippen LogP contribution in [0.25, 0.3) is 0 Å². The monoisotopic (exact) mass is 319 g/mol. The third-order valence-corrected chi connectivity index (χ3v) is 5.22. The lowest BCUT2D eigenvalue weighted by atomic mass is 10.2. The van der Waals surface area contributed by atoms with Crippen molar-refractivity contribution in [3.63, 3.8) is 0 Å². The number of aryl methyl sites for hydroxylation is 1. The SMILES string of the molecule is COC(=O)CN(C(C)C)S(=O)(=O)c1cc(Cl)ccc1C. The lowest BCUT2D eigenvalue weighted by Gasteiger charge is -2.25. The van der Waals surface area contributed by atoms with E-state index in [4.69, 9.17) is 11.6 Å². The highest BCUT2D eigenvalue weighted by Gasteiger charge is 2.30. The Labute approximate surface area is 124 Å². The van der Waals surface area contributed by atoms with Crippen molar-refractivity contribution in [1.82, 2.24) is 4.31 Å². The molecule has 1 rings (SSSR count). The molecule has 0 aliphatic rings. The van der Waals surface area contributed by atoms with Gasteiger partial charge in [0.25, 0.3) is 0 Å². The second kappa shape index (κ2) is 6.56. The van der Waals surface area contributed by atoms with Crippen LogP contribution >= 0.6 is 11.6 Å². The van der Waals surface area contributed by atoms with Crippen LogP contribution in [0.1, 0.15) is 19.4 Å². The van der Waals surface area contributed by atoms with Crippen molar-refractivity contribution in [2.24, 2.45) is 0 Å². The fourth-order valence-electron chi connectivity index (χ4n) is 1.72. The van der Waals surface area contributed by atoms with Gasteiger partial charge >= 0.3 is 5.97 Å². The predicted octanol–water partition coefficient (Wildman–Crippen LogP) is 2.22. The lowest BCUT2D eigenvalue weighted by Crippen LogP contribution is -2.41. The molecule has 0 aromatic heterocycles. The molecule has 0 spiro atoms. The van der Waals surface area contributed by atoms with Gasteiger partial charge in [0.2, 0.25) is 10.0 Å². The first kappa shape index (κ1) is 16.9. The summed E-state index contributed by atoms with van der Waals surface area (Å²) in [5.41, 5.74) is 0.574. The summed E-state index contributed by atoms with van der Waals surface area (Å²) in [6, 6.07) is 4.26. The van der Waals surface area contributed by atoms with Crippen LogP contribution in [0.2, 0.25) is 5.02 Å². The van der Waals surface area contributed by atoms with Gasteiger partial charge < -0.3 is 4.74 Å². The van der Waals surface area contributed by atoms with Crippen molar-refractivity contribution in [2.45, 2.75) is 31.7 Å². The second-order valence-electron chi connectivity index (χ2n) is 4.63. The van der Waals surface area contributed by atoms with E-state index in [1.54, 1.807) is 32.9 Å². The highest BCUT2D eigenvalue weighted by molar-refractivity contribution is 7.89. The Morgan fingerprint density at radius 2 is 2.00 bits per heavy atom. The van der Waals surface area contributed by atoms with Gasteiger partial charge in [0.1, 0.15) is 6.54 Å². The number of esters is 1. The standard InChI is InChI=1S/C13H18ClNO4S/c1-9(2)15(8-13(16)19-4)20(17,18)12-7-11(14)6-5-10(12)3/h5-7,9H,8H2,1-4H3. The Bertz CT molecular complexity index is 598. The number of hydrogen-bond donors (Lipinski definition) is 0. The smallest absolute Gasteiger partial charge is 0.321 e. The Hall–Kier alpha value is -1.11. The lowest BCUT2D eigenvalue weighted by molar-refractivity contribution is -0.141. The minimum Gasteiger partial charge on any atom is -0.468 e. The third kappa shape index (κ3) is 3.71. The maximum atomic E-state index is 12.7. The number of benzene rings is 1. The zero-order chi connectivity index (χ0) is 15.5. The number of rotatable bonds is 5. The maximum absolute atomic E-state index is 12.7. The van der Waals surface area contributed by atoms with E-state index in [0.29, 0.717) is 10.6 Å². The van der Waals surface area contributed by atoms with Crippen LogP contribution in [-0.4, -0.2) is 38.4 Å². The number of carbonyl (C=O) groups excluding carboxylic acids is 1. The van der Waals surface area contributed by atoms with Crippen molar-refractivity contribution in [1.29, 1.82) is 0 Å². The molecule has 0 aliphatic heterocycles. The van der Waals surface area contributed by atoms with Gasteiger partial charge in [0.05, 0.1) is 12.0 Å². The minimum atomic E-state index is -3.81. The van der Waals surface area contributed by atoms with Crippen LogP contribution in [-0.2, 0) is 19.6 Å². The van der Waals surface area contributed by atoms with Gasteiger partial charge in [-0.3, -0.25) is 4.79 Å². The molecular formula is C13H18ClNO4S. The topological polar surface area (TPSA) is 63.7 Å². The van der Waals surface area contributed by atoms with E-state index < -0.39 is 16.0 Å². The number of halogens is 1. The fraction of sp³-hybridized carbons (Fsp3) is 0.462. The molecular weight excluding hydrogens is 302 g/mol. The van der Waals surface area contributed by atoms with Gasteiger partial charge in [-0.05, 0) is 38.5 Å². The van der Waals surface area contributed by atoms with Crippen molar-refractivity contribution in [2.75, 3.05) is 13.7 Å². The van der Waals surface area contributed by atoms with Crippen molar-refractivity contribution in [3.05, 3.63) is 28.8 Å². The molecule has 0 saturated carbocycles. The van der Waals surface area contributed by atoms with E-state index in [1.807, 2.05) is 0 Å². The van der Waals surface area contributed by atoms with Crippen molar-refractivity contribution < 1.29 is 17.9 Å². The molecule has 1 aromatic rings. The molecule has 0 amide bonds. The highest BCUT2D eigenvalue weighted by Crippen LogP contribution is 2.24. The van der Waals surface area contributed by atoms with Crippen LogP contribution in [0.4, 0.5) is 0 Å². The molecule has 0 radical (unpaired) electrons. The summed E-state index contributed by atoms with van der Waals surface area (Å²) in [5.74, 6) is -0.609. The van der Waals surface area contributed by atoms with Crippen LogP contribution in [0.5, 0.6) is 0 Å². The van der Waals surface area contributed by atoms with Crippen LogP contribution in [0.15, 0.2) is 23.1 Å². The molecule has 0 bridgehead atoms. The number of ether oxygens (including phenoxy) is 1. The summed E-state index contributed by atoms with van der Waals surface area (Å²) < 4.78 is 31.0. The molecule has 112 valence electrons. The number of carbonyl (C=O) groups is 1. The summed E-state index contributed by atoms with van der Waals surface area (Å²) in [4.78, 5) is 11.5. The second-order valence-corrected chi connectivity index (χ2v) is 6.93. The maximum Gasteiger partial charge on any atom is 0.321 e. The van der Waals surface area contributed by atoms with Crippen LogP contribution in [0, 0.1) is 6.92 Å². The molecule has 0 N–H and O–H groups in total. The van der Waals surface area contributed by atoms with Gasteiger partial charge in [0.15, 0.2) is 0 Å². The molecule has 1 aromatic carbocycles. The predicted molar refractivity (Wildman–Crippen MR) is 77.2 cm³/mol. The first-order valence-electron chi connectivity index (χ1n) is 6.05. The zero-order valence-electron chi connectivity index (χ0n) is 11.9. The summed E-state index contributed by atoms with van der Waals surface area (Å²) in [6.07, 6.45) is 0. The summed E-state index contributed by atoms with van der Waals surface area (Å²) in [6.45, 7) is 4.74. The summed E-state index contributed by atoms with van der Waals surface area (Å²) in [5, 5.41) is 0.330. The van der Waals surface area contributed by atoms with Gasteiger partial charge in [0, 0.05) is 11.1 Å². The minimum absolute atomic E-state index is 0.0996. The molecule has 5 nitrogen and oxygen atoms in total. The molecule has 0 aliphatic carbocycles. The van der Waals surface area contributed by atoms with Gasteiger partial charge in [-0.2, -0.15) is 4.31 Å². The normalized spacial score (nSPS) is 11.9. The summed E-state index contributed by atoms with van der Waals surface area (Å²) in [7, 11) is -2.59. The molecule has 0 fully saturated rings. The average Bonchev–Trinajstić information content (AvgIpc) is 2.37. The molecule has 0 heterocycles. The Balaban J connectivity index is 3.30. The van der Waals surface area contributed by atoms with E-state index in [2.05, 4.69) is 4.74 Å². The van der Waals surface area contributed by atoms with Crippen molar-refractivity contribution in [3.8, 4) is 0 Å². The quantitative estimate of drug-likeness (QED) is 0.781. The fourth-order valence-corrected chi connectivity index (χ4v) is 3.79. The number of nitrogens with zero attached hydrogens (tertiary/aromatic N) is 1. The van der Waals surface area contributed by atoms with Gasteiger partial charge in [-0.25, -0.2) is 8.42 Å². The number of methoxy groups -OCH3 is 1. The van der Waals surface area contributed by atoms with Crippen molar-refractivity contribution >= 4 is 27.6 Å². The van der Waals surface area contributed by atoms with E-state index in [1.165, 1.54) is 13.2 Å². The van der Waals surface area contributed by atoms with Crippen LogP contribution in [0.3, 0.4) is 0 Å². The molecule has 0 saturated heterocycles. The summed E-state index contributed by atoms with van der Waals surface area (Å²) >= 11 is 5.87. The van der Waals surface area contributed by atoms with E-state index >= 15 is 0 Å². The highest BCUT2D eigenvalue weighted by atomic mass is 35.5. The Morgan fingerprint density at radius 3 is 2.50 bits per heavy atom. The molecule has 0 unspecified atom stereocenters. The molecule has 20 heavy (non-hydrogen) atoms. The third-order valence-electron chi connectivity index (χ3n) is 2.83. The number of hydrogen-bond acceptors (Lipinski definition) is 4. The zero-order valence-corrected chi connectivity index (χ0v) is 13.5. The molecule has 0 atom stereocenters. The Kier molecular flexibility index (Phi) is 5.56. The van der Waals surface area contributed by atoms with E-state index in [0.717, 1.165) is 4.31 Å². The average molecular weight is 320 g/mol. The first-order valence-corrected chi connectivity index (χ1v) is 7.86. The van der Waals surface area contributed by atoms with E-state index in [-0.39, 0.29) is 17.5 Å². The Morgan fingerprint density at radius 1 is 1.40 bits per heavy atom.